The summed E-state index contributed by atoms with van der Waals surface area (Å²) < 4.78 is 7.08. The van der Waals surface area contributed by atoms with Crippen molar-refractivity contribution in [2.24, 2.45) is 0 Å². The predicted octanol–water partition coefficient (Wildman–Crippen LogP) is 9.99. The van der Waals surface area contributed by atoms with Crippen molar-refractivity contribution in [3.63, 3.8) is 0 Å². The average molecular weight is 753 g/mol. The van der Waals surface area contributed by atoms with Gasteiger partial charge in [0, 0.05) is 0 Å². The number of aryl methyl sites for hydroxylation is 1. The second-order valence-corrected chi connectivity index (χ2v) is 16.7. The van der Waals surface area contributed by atoms with Crippen molar-refractivity contribution >= 4 is 98.6 Å². The molecule has 0 fully saturated rings. The molecule has 0 saturated heterocycles. The van der Waals surface area contributed by atoms with Gasteiger partial charge in [0.2, 0.25) is 0 Å². The predicted molar refractivity (Wildman–Crippen MR) is 193 cm³/mol. The van der Waals surface area contributed by atoms with E-state index in [1.807, 2.05) is 0 Å². The molecule has 5 aromatic rings. The van der Waals surface area contributed by atoms with Gasteiger partial charge < -0.3 is 0 Å². The van der Waals surface area contributed by atoms with Crippen molar-refractivity contribution in [3.05, 3.63) is 96.1 Å². The molecule has 2 atom stereocenters. The fourth-order valence-electron chi connectivity index (χ4n) is 6.77. The Bertz CT molecular complexity index is 1820. The summed E-state index contributed by atoms with van der Waals surface area (Å²) in [6.45, 7) is 7.04. The third kappa shape index (κ3) is 3.57. The molecular weight excluding hydrogens is 718 g/mol. The topological polar surface area (TPSA) is 9.72 Å². The van der Waals surface area contributed by atoms with Crippen molar-refractivity contribution < 1.29 is 0 Å². The van der Waals surface area contributed by atoms with Crippen LogP contribution in [0.2, 0.25) is 0 Å². The maximum absolute atomic E-state index is 2.72. The molecule has 2 aliphatic rings. The molecule has 0 radical (unpaired) electrons. The molecule has 0 spiro atoms. The molecule has 0 aliphatic carbocycles. The van der Waals surface area contributed by atoms with E-state index in [1.54, 1.807) is 0 Å². The van der Waals surface area contributed by atoms with E-state index >= 15 is 0 Å². The summed E-state index contributed by atoms with van der Waals surface area (Å²) in [5, 5.41) is 5.24. The van der Waals surface area contributed by atoms with Crippen LogP contribution in [0, 0.1) is 13.8 Å². The molecule has 0 saturated carbocycles. The Kier molecular flexibility index (Phi) is 6.25. The van der Waals surface area contributed by atoms with E-state index in [2.05, 4.69) is 158 Å². The quantitative estimate of drug-likeness (QED) is 0.0598. The number of fused-ring (bicyclic) bond motifs is 4. The molecule has 0 bridgehead atoms. The summed E-state index contributed by atoms with van der Waals surface area (Å²) in [6, 6.07) is 32.1. The van der Waals surface area contributed by atoms with Gasteiger partial charge in [0.15, 0.2) is 0 Å². The van der Waals surface area contributed by atoms with Crippen molar-refractivity contribution in [1.82, 2.24) is 4.48 Å². The zero-order chi connectivity index (χ0) is 27.9. The number of quaternary nitrogens is 1. The normalized spacial score (nSPS) is 21.0. The fourth-order valence-corrected chi connectivity index (χ4v) is 12.3. The molecule has 0 aromatic heterocycles. The zero-order valence-corrected chi connectivity index (χ0v) is 28.2. The first-order chi connectivity index (χ1) is 19.3. The van der Waals surface area contributed by atoms with Gasteiger partial charge in [0.05, 0.1) is 0 Å². The Balaban J connectivity index is 1.47. The monoisotopic (exact) mass is 753 g/mol. The third-order valence-corrected chi connectivity index (χ3v) is 15.3. The standard InChI is InChI=1S/C34H35I2N4/c1-22-15-29(39-31-18-26-12-8-7-11-25(26)17-30(31)38(6)36(39)4)23(2)33(16-22)40(21-35)24(3)37(5)32-19-27-13-9-10-14-28(27)20-34(32)40/h7-20,24H,21H2,1-6H3/q+1/t24-,40?/m0/s1. The van der Waals surface area contributed by atoms with Gasteiger partial charge in [-0.05, 0) is 0 Å². The number of hydrogen-bond acceptors (Lipinski definition) is 3. The first-order valence-corrected chi connectivity index (χ1v) is 19.4. The van der Waals surface area contributed by atoms with E-state index in [4.69, 9.17) is 0 Å². The van der Waals surface area contributed by atoms with Crippen molar-refractivity contribution in [2.75, 3.05) is 34.7 Å². The Morgan fingerprint density at radius 1 is 0.725 bits per heavy atom. The van der Waals surface area contributed by atoms with Gasteiger partial charge in [0.25, 0.3) is 0 Å². The van der Waals surface area contributed by atoms with E-state index in [9.17, 15) is 0 Å². The van der Waals surface area contributed by atoms with Crippen LogP contribution in [0.4, 0.5) is 34.1 Å². The average Bonchev–Trinajstić information content (AvgIpc) is 3.33. The van der Waals surface area contributed by atoms with Crippen LogP contribution in [0.25, 0.3) is 21.5 Å². The molecular formula is C34H35I2N4+. The van der Waals surface area contributed by atoms with Gasteiger partial charge in [-0.25, -0.2) is 0 Å². The number of nitrogens with zero attached hydrogens (tertiary/aromatic N) is 4. The van der Waals surface area contributed by atoms with E-state index in [1.165, 1.54) is 66.8 Å². The molecule has 0 amide bonds. The molecule has 2 aliphatic heterocycles. The Morgan fingerprint density at radius 3 is 1.88 bits per heavy atom. The molecule has 1 unspecified atom stereocenters. The van der Waals surface area contributed by atoms with E-state index < -0.39 is 20.4 Å². The minimum absolute atomic E-state index is 0.283. The molecule has 40 heavy (non-hydrogen) atoms. The second kappa shape index (κ2) is 9.49. The van der Waals surface area contributed by atoms with Crippen LogP contribution < -0.4 is 15.6 Å². The van der Waals surface area contributed by atoms with Crippen LogP contribution in [0.3, 0.4) is 0 Å². The van der Waals surface area contributed by atoms with Gasteiger partial charge in [0.1, 0.15) is 0 Å². The van der Waals surface area contributed by atoms with Crippen LogP contribution in [-0.4, -0.2) is 29.7 Å². The van der Waals surface area contributed by atoms with Gasteiger partial charge >= 0.3 is 261 Å². The number of rotatable bonds is 3. The van der Waals surface area contributed by atoms with Crippen LogP contribution in [-0.2, 0) is 0 Å². The molecule has 204 valence electrons. The molecule has 0 N–H and O–H groups in total. The van der Waals surface area contributed by atoms with E-state index in [-0.39, 0.29) is 6.17 Å². The summed E-state index contributed by atoms with van der Waals surface area (Å²) in [4.78, 5) is 4.97. The summed E-state index contributed by atoms with van der Waals surface area (Å²) in [7, 11) is 4.56. The first kappa shape index (κ1) is 26.3. The molecule has 4 nitrogen and oxygen atoms in total. The summed E-state index contributed by atoms with van der Waals surface area (Å²) in [5.41, 5.74) is 11.0. The van der Waals surface area contributed by atoms with Gasteiger partial charge in [-0.15, -0.1) is 0 Å². The van der Waals surface area contributed by atoms with Crippen LogP contribution >= 0.6 is 43.0 Å². The summed E-state index contributed by atoms with van der Waals surface area (Å²) >= 11 is 0.934. The molecule has 7 rings (SSSR count). The van der Waals surface area contributed by atoms with E-state index in [0.29, 0.717) is 0 Å². The Hall–Kier alpha value is -2.56. The van der Waals surface area contributed by atoms with Crippen LogP contribution in [0.5, 0.6) is 0 Å². The Morgan fingerprint density at radius 2 is 1.27 bits per heavy atom. The molecule has 6 heteroatoms. The number of alkyl halides is 2. The maximum atomic E-state index is 2.72. The zero-order valence-electron chi connectivity index (χ0n) is 23.9. The van der Waals surface area contributed by atoms with Crippen molar-refractivity contribution in [1.29, 1.82) is 0 Å². The number of halogens is 2. The second-order valence-electron chi connectivity index (χ2n) is 11.2. The van der Waals surface area contributed by atoms with Crippen molar-refractivity contribution in [2.45, 2.75) is 26.9 Å². The summed E-state index contributed by atoms with van der Waals surface area (Å²) in [6.07, 6.45) is 0.283. The van der Waals surface area contributed by atoms with Crippen LogP contribution in [0.1, 0.15) is 18.1 Å². The first-order valence-electron chi connectivity index (χ1n) is 13.7. The van der Waals surface area contributed by atoms with Gasteiger partial charge in [-0.3, -0.25) is 0 Å². The third-order valence-electron chi connectivity index (χ3n) is 9.18. The van der Waals surface area contributed by atoms with Crippen molar-refractivity contribution in [3.8, 4) is 0 Å². The number of anilines is 4. The minimum atomic E-state index is -1.70. The van der Waals surface area contributed by atoms with Gasteiger partial charge in [-0.2, -0.15) is 0 Å². The SMILES string of the molecule is Cc1cc(N2c3cc4ccccc4cc3N(C)I2C)c(C)c([N+]2(CI)c3cc4ccccc4cc3N(C)[C@@H]2C)c1. The summed E-state index contributed by atoms with van der Waals surface area (Å²) in [5.74, 6) is 0. The molecule has 2 heterocycles. The number of benzene rings is 5. The molecule has 5 aromatic carbocycles. The van der Waals surface area contributed by atoms with E-state index in [0.717, 1.165) is 9.03 Å². The van der Waals surface area contributed by atoms with Crippen LogP contribution in [0.15, 0.2) is 84.9 Å². The fraction of sp³-hybridized carbons (Fsp3) is 0.235. The van der Waals surface area contributed by atoms with Gasteiger partial charge in [-0.1, -0.05) is 0 Å². The Labute approximate surface area is 259 Å². The number of hydrogen-bond donors (Lipinski definition) is 0.